The van der Waals surface area contributed by atoms with Gasteiger partial charge in [-0.2, -0.15) is 0 Å². The van der Waals surface area contributed by atoms with Gasteiger partial charge in [-0.05, 0) is 22.0 Å². The summed E-state index contributed by atoms with van der Waals surface area (Å²) in [4.78, 5) is 32.9. The Bertz CT molecular complexity index is 527. The van der Waals surface area contributed by atoms with E-state index in [0.717, 1.165) is 26.4 Å². The summed E-state index contributed by atoms with van der Waals surface area (Å²) in [6, 6.07) is 2.18. The minimum atomic E-state index is -0.796. The van der Waals surface area contributed by atoms with Gasteiger partial charge in [0.2, 0.25) is 0 Å². The Kier molecular flexibility index (Phi) is 4.38. The SMILES string of the molecule is COC(=O)c1cc(C(=O)OC)c(Br)c([N+](=O)[O-])c1. The highest BCUT2D eigenvalue weighted by Gasteiger charge is 2.24. The molecule has 0 fully saturated rings. The van der Waals surface area contributed by atoms with E-state index in [4.69, 9.17) is 0 Å². The highest BCUT2D eigenvalue weighted by atomic mass is 79.9. The first kappa shape index (κ1) is 14.1. The number of nitrogens with zero attached hydrogens (tertiary/aromatic N) is 1. The standard InChI is InChI=1S/C10H8BrNO6/c1-17-9(13)5-3-6(10(14)18-2)8(11)7(4-5)12(15)16/h3-4H,1-2H3. The summed E-state index contributed by atoms with van der Waals surface area (Å²) in [6.45, 7) is 0. The molecule has 0 radical (unpaired) electrons. The number of methoxy groups -OCH3 is 2. The third kappa shape index (κ3) is 2.65. The molecule has 0 aromatic heterocycles. The Morgan fingerprint density at radius 1 is 1.22 bits per heavy atom. The van der Waals surface area contributed by atoms with Crippen LogP contribution in [0.5, 0.6) is 0 Å². The molecule has 0 N–H and O–H groups in total. The van der Waals surface area contributed by atoms with E-state index < -0.39 is 22.5 Å². The van der Waals surface area contributed by atoms with E-state index in [-0.39, 0.29) is 15.6 Å². The van der Waals surface area contributed by atoms with Crippen molar-refractivity contribution >= 4 is 33.6 Å². The number of nitro benzene ring substituents is 1. The molecule has 0 bridgehead atoms. The Morgan fingerprint density at radius 3 is 2.22 bits per heavy atom. The Balaban J connectivity index is 3.51. The summed E-state index contributed by atoms with van der Waals surface area (Å²) in [6.07, 6.45) is 0. The molecular formula is C10H8BrNO6. The smallest absolute Gasteiger partial charge is 0.339 e. The van der Waals surface area contributed by atoms with E-state index in [1.54, 1.807) is 0 Å². The second-order valence-electron chi connectivity index (χ2n) is 3.10. The van der Waals surface area contributed by atoms with Crippen molar-refractivity contribution < 1.29 is 24.0 Å². The first-order chi connectivity index (χ1) is 8.42. The van der Waals surface area contributed by atoms with Gasteiger partial charge in [-0.15, -0.1) is 0 Å². The molecule has 8 heteroatoms. The molecule has 18 heavy (non-hydrogen) atoms. The monoisotopic (exact) mass is 317 g/mol. The Morgan fingerprint density at radius 2 is 1.78 bits per heavy atom. The summed E-state index contributed by atoms with van der Waals surface area (Å²) in [5.74, 6) is -1.58. The van der Waals surface area contributed by atoms with E-state index in [1.165, 1.54) is 0 Å². The van der Waals surface area contributed by atoms with Crippen molar-refractivity contribution in [2.75, 3.05) is 14.2 Å². The first-order valence-electron chi connectivity index (χ1n) is 4.57. The molecule has 0 aliphatic rings. The molecule has 0 atom stereocenters. The summed E-state index contributed by atoms with van der Waals surface area (Å²) < 4.78 is 8.88. The van der Waals surface area contributed by atoms with Crippen molar-refractivity contribution in [2.45, 2.75) is 0 Å². The summed E-state index contributed by atoms with van der Waals surface area (Å²) in [5.41, 5.74) is -0.641. The van der Waals surface area contributed by atoms with Crippen molar-refractivity contribution in [3.05, 3.63) is 37.8 Å². The van der Waals surface area contributed by atoms with Crippen LogP contribution in [0.4, 0.5) is 5.69 Å². The van der Waals surface area contributed by atoms with Crippen molar-refractivity contribution in [3.8, 4) is 0 Å². The summed E-state index contributed by atoms with van der Waals surface area (Å²) in [7, 11) is 2.26. The van der Waals surface area contributed by atoms with Crippen LogP contribution >= 0.6 is 15.9 Å². The van der Waals surface area contributed by atoms with Crippen LogP contribution < -0.4 is 0 Å². The van der Waals surface area contributed by atoms with Crippen LogP contribution in [0.2, 0.25) is 0 Å². The lowest BCUT2D eigenvalue weighted by atomic mass is 10.1. The minimum absolute atomic E-state index is 0.0491. The number of esters is 2. The number of carbonyl (C=O) groups is 2. The molecule has 0 spiro atoms. The van der Waals surface area contributed by atoms with Crippen molar-refractivity contribution in [1.29, 1.82) is 0 Å². The zero-order chi connectivity index (χ0) is 13.9. The van der Waals surface area contributed by atoms with Crippen LogP contribution in [0.1, 0.15) is 20.7 Å². The highest BCUT2D eigenvalue weighted by molar-refractivity contribution is 9.10. The third-order valence-electron chi connectivity index (χ3n) is 2.08. The number of carbonyl (C=O) groups excluding carboxylic acids is 2. The normalized spacial score (nSPS) is 9.72. The van der Waals surface area contributed by atoms with E-state index >= 15 is 0 Å². The third-order valence-corrected chi connectivity index (χ3v) is 2.91. The maximum Gasteiger partial charge on any atom is 0.339 e. The van der Waals surface area contributed by atoms with E-state index in [0.29, 0.717) is 0 Å². The number of benzene rings is 1. The molecule has 96 valence electrons. The van der Waals surface area contributed by atoms with Gasteiger partial charge in [0.05, 0.1) is 30.3 Å². The average Bonchev–Trinajstić information content (AvgIpc) is 2.36. The van der Waals surface area contributed by atoms with E-state index in [9.17, 15) is 19.7 Å². The van der Waals surface area contributed by atoms with Crippen molar-refractivity contribution in [1.82, 2.24) is 0 Å². The van der Waals surface area contributed by atoms with E-state index in [2.05, 4.69) is 25.4 Å². The van der Waals surface area contributed by atoms with Crippen LogP contribution in [0.3, 0.4) is 0 Å². The van der Waals surface area contributed by atoms with E-state index in [1.807, 2.05) is 0 Å². The summed E-state index contributed by atoms with van der Waals surface area (Å²) >= 11 is 2.93. The molecular weight excluding hydrogens is 310 g/mol. The number of halogens is 1. The van der Waals surface area contributed by atoms with Crippen LogP contribution in [0.25, 0.3) is 0 Å². The Labute approximate surface area is 110 Å². The molecule has 0 saturated carbocycles. The van der Waals surface area contributed by atoms with Gasteiger partial charge in [0.1, 0.15) is 4.47 Å². The fourth-order valence-electron chi connectivity index (χ4n) is 1.24. The van der Waals surface area contributed by atoms with Gasteiger partial charge in [0, 0.05) is 6.07 Å². The zero-order valence-electron chi connectivity index (χ0n) is 9.43. The maximum atomic E-state index is 11.4. The highest BCUT2D eigenvalue weighted by Crippen LogP contribution is 2.30. The topological polar surface area (TPSA) is 95.7 Å². The predicted molar refractivity (Wildman–Crippen MR) is 63.5 cm³/mol. The largest absolute Gasteiger partial charge is 0.465 e. The van der Waals surface area contributed by atoms with Crippen LogP contribution in [0.15, 0.2) is 16.6 Å². The molecule has 0 saturated heterocycles. The number of rotatable bonds is 3. The Hall–Kier alpha value is -1.96. The minimum Gasteiger partial charge on any atom is -0.465 e. The van der Waals surface area contributed by atoms with Crippen LogP contribution in [0, 0.1) is 10.1 Å². The molecule has 1 rings (SSSR count). The molecule has 0 amide bonds. The molecule has 1 aromatic carbocycles. The lowest BCUT2D eigenvalue weighted by molar-refractivity contribution is -0.385. The molecule has 7 nitrogen and oxygen atoms in total. The van der Waals surface area contributed by atoms with Gasteiger partial charge in [-0.3, -0.25) is 10.1 Å². The van der Waals surface area contributed by atoms with Gasteiger partial charge >= 0.3 is 11.9 Å². The lowest BCUT2D eigenvalue weighted by Crippen LogP contribution is -2.09. The molecule has 0 aliphatic heterocycles. The van der Waals surface area contributed by atoms with Crippen LogP contribution in [-0.4, -0.2) is 31.1 Å². The van der Waals surface area contributed by atoms with Crippen molar-refractivity contribution in [2.24, 2.45) is 0 Å². The predicted octanol–water partition coefficient (Wildman–Crippen LogP) is 1.93. The van der Waals surface area contributed by atoms with Crippen molar-refractivity contribution in [3.63, 3.8) is 0 Å². The second-order valence-corrected chi connectivity index (χ2v) is 3.89. The zero-order valence-corrected chi connectivity index (χ0v) is 11.0. The molecule has 0 heterocycles. The first-order valence-corrected chi connectivity index (χ1v) is 5.36. The molecule has 0 unspecified atom stereocenters. The molecule has 0 aliphatic carbocycles. The second kappa shape index (κ2) is 5.58. The molecule has 1 aromatic rings. The van der Waals surface area contributed by atoms with Crippen LogP contribution in [-0.2, 0) is 9.47 Å². The summed E-state index contributed by atoms with van der Waals surface area (Å²) in [5, 5.41) is 10.8. The number of ether oxygens (including phenoxy) is 2. The van der Waals surface area contributed by atoms with Gasteiger partial charge in [-0.25, -0.2) is 9.59 Å². The van der Waals surface area contributed by atoms with Gasteiger partial charge in [-0.1, -0.05) is 0 Å². The van der Waals surface area contributed by atoms with Gasteiger partial charge in [0.25, 0.3) is 5.69 Å². The quantitative estimate of drug-likeness (QED) is 0.480. The number of hydrogen-bond acceptors (Lipinski definition) is 6. The maximum absolute atomic E-state index is 11.4. The number of nitro groups is 1. The fourth-order valence-corrected chi connectivity index (χ4v) is 1.77. The lowest BCUT2D eigenvalue weighted by Gasteiger charge is -2.06. The van der Waals surface area contributed by atoms with Gasteiger partial charge < -0.3 is 9.47 Å². The number of hydrogen-bond donors (Lipinski definition) is 0. The fraction of sp³-hybridized carbons (Fsp3) is 0.200. The average molecular weight is 318 g/mol. The van der Waals surface area contributed by atoms with Gasteiger partial charge in [0.15, 0.2) is 0 Å².